The maximum atomic E-state index is 5.84. The highest BCUT2D eigenvalue weighted by Gasteiger charge is 2.35. The Balaban J connectivity index is 1.62. The van der Waals surface area contributed by atoms with Gasteiger partial charge in [-0.2, -0.15) is 0 Å². The van der Waals surface area contributed by atoms with Crippen LogP contribution < -0.4 is 19.1 Å². The Labute approximate surface area is 122 Å². The number of fused-ring (bicyclic) bond motifs is 6. The van der Waals surface area contributed by atoms with Gasteiger partial charge in [0.2, 0.25) is 12.7 Å². The largest absolute Gasteiger partial charge is 0.474 e. The van der Waals surface area contributed by atoms with Crippen LogP contribution in [0, 0.1) is 0 Å². The van der Waals surface area contributed by atoms with E-state index in [0.29, 0.717) is 13.4 Å². The summed E-state index contributed by atoms with van der Waals surface area (Å²) in [5, 5.41) is 0. The summed E-state index contributed by atoms with van der Waals surface area (Å²) in [4.78, 5) is 6.70. The lowest BCUT2D eigenvalue weighted by atomic mass is 9.91. The number of nitrogens with zero attached hydrogens (tertiary/aromatic N) is 2. The molecule has 5 rings (SSSR count). The lowest BCUT2D eigenvalue weighted by Crippen LogP contribution is -2.41. The van der Waals surface area contributed by atoms with Crippen molar-refractivity contribution >= 4 is 5.69 Å². The fourth-order valence-corrected chi connectivity index (χ4v) is 3.43. The number of rotatable bonds is 0. The number of aromatic nitrogens is 1. The number of anilines is 1. The van der Waals surface area contributed by atoms with Gasteiger partial charge in [-0.15, -0.1) is 0 Å². The standard InChI is InChI=1S/C16H14N2O3/c1-2-12-16(17-4-1)19-8-13-11-7-15-14(20-9-21-15)6-10(11)3-5-18(12)13/h1-2,4,6-7,13H,3,5,8-9H2. The summed E-state index contributed by atoms with van der Waals surface area (Å²) in [5.74, 6) is 2.44. The number of pyridine rings is 1. The molecule has 21 heavy (non-hydrogen) atoms. The minimum Gasteiger partial charge on any atom is -0.474 e. The van der Waals surface area contributed by atoms with Gasteiger partial charge in [-0.1, -0.05) is 0 Å². The average Bonchev–Trinajstić information content (AvgIpc) is 2.99. The fourth-order valence-electron chi connectivity index (χ4n) is 3.43. The van der Waals surface area contributed by atoms with Crippen LogP contribution in [0.15, 0.2) is 30.5 Å². The van der Waals surface area contributed by atoms with Crippen molar-refractivity contribution in [3.63, 3.8) is 0 Å². The fraction of sp³-hybridized carbons (Fsp3) is 0.312. The first-order chi connectivity index (χ1) is 10.4. The molecule has 5 heteroatoms. The molecule has 0 saturated carbocycles. The van der Waals surface area contributed by atoms with Crippen LogP contribution in [0.25, 0.3) is 0 Å². The molecule has 1 aromatic carbocycles. The van der Waals surface area contributed by atoms with Gasteiger partial charge in [0.25, 0.3) is 0 Å². The molecule has 3 aliphatic rings. The quantitative estimate of drug-likeness (QED) is 0.742. The lowest BCUT2D eigenvalue weighted by Gasteiger charge is -2.42. The molecule has 0 radical (unpaired) electrons. The molecular formula is C16H14N2O3. The summed E-state index contributed by atoms with van der Waals surface area (Å²) in [6.07, 6.45) is 2.77. The number of benzene rings is 1. The maximum absolute atomic E-state index is 5.84. The summed E-state index contributed by atoms with van der Waals surface area (Å²) in [7, 11) is 0. The van der Waals surface area contributed by atoms with Gasteiger partial charge in [-0.05, 0) is 41.8 Å². The zero-order chi connectivity index (χ0) is 13.8. The molecule has 0 spiro atoms. The molecular weight excluding hydrogens is 268 g/mol. The van der Waals surface area contributed by atoms with E-state index in [4.69, 9.17) is 14.2 Å². The SMILES string of the molecule is c1cnc2c(c1)N1CCc3cc4c(cc3C1CO2)OCO4. The molecule has 0 aliphatic carbocycles. The first-order valence-electron chi connectivity index (χ1n) is 7.17. The zero-order valence-electron chi connectivity index (χ0n) is 11.4. The van der Waals surface area contributed by atoms with Gasteiger partial charge in [0.05, 0.1) is 6.04 Å². The highest BCUT2D eigenvalue weighted by atomic mass is 16.7. The molecule has 0 N–H and O–H groups in total. The number of hydrogen-bond donors (Lipinski definition) is 0. The summed E-state index contributed by atoms with van der Waals surface area (Å²) in [6, 6.07) is 8.49. The van der Waals surface area contributed by atoms with Crippen molar-refractivity contribution in [1.29, 1.82) is 0 Å². The predicted octanol–water partition coefficient (Wildman–Crippen LogP) is 2.31. The smallest absolute Gasteiger partial charge is 0.237 e. The van der Waals surface area contributed by atoms with E-state index in [0.717, 1.165) is 36.0 Å². The van der Waals surface area contributed by atoms with Crippen molar-refractivity contribution < 1.29 is 14.2 Å². The van der Waals surface area contributed by atoms with E-state index in [-0.39, 0.29) is 6.04 Å². The minimum absolute atomic E-state index is 0.222. The van der Waals surface area contributed by atoms with E-state index in [2.05, 4.69) is 28.1 Å². The second kappa shape index (κ2) is 4.04. The highest BCUT2D eigenvalue weighted by molar-refractivity contribution is 5.62. The Hall–Kier alpha value is -2.43. The Bertz CT molecular complexity index is 731. The third kappa shape index (κ3) is 1.54. The third-order valence-electron chi connectivity index (χ3n) is 4.43. The molecule has 4 heterocycles. The van der Waals surface area contributed by atoms with Crippen molar-refractivity contribution in [2.24, 2.45) is 0 Å². The Morgan fingerprint density at radius 3 is 3.00 bits per heavy atom. The Morgan fingerprint density at radius 1 is 1.14 bits per heavy atom. The van der Waals surface area contributed by atoms with Crippen molar-refractivity contribution in [2.75, 3.05) is 24.8 Å². The zero-order valence-corrected chi connectivity index (χ0v) is 11.4. The normalized spacial score (nSPS) is 21.1. The molecule has 0 fully saturated rings. The predicted molar refractivity (Wildman–Crippen MR) is 76.1 cm³/mol. The Kier molecular flexibility index (Phi) is 2.16. The third-order valence-corrected chi connectivity index (χ3v) is 4.43. The first kappa shape index (κ1) is 11.3. The molecule has 1 unspecified atom stereocenters. The van der Waals surface area contributed by atoms with E-state index >= 15 is 0 Å². The molecule has 5 nitrogen and oxygen atoms in total. The van der Waals surface area contributed by atoms with Crippen LogP contribution in [0.3, 0.4) is 0 Å². The molecule has 1 atom stereocenters. The summed E-state index contributed by atoms with van der Waals surface area (Å²) >= 11 is 0. The second-order valence-electron chi connectivity index (χ2n) is 5.50. The monoisotopic (exact) mass is 282 g/mol. The van der Waals surface area contributed by atoms with Crippen LogP contribution in [-0.4, -0.2) is 24.9 Å². The summed E-state index contributed by atoms with van der Waals surface area (Å²) < 4.78 is 16.8. The van der Waals surface area contributed by atoms with Crippen LogP contribution in [0.1, 0.15) is 17.2 Å². The number of hydrogen-bond acceptors (Lipinski definition) is 5. The van der Waals surface area contributed by atoms with E-state index in [1.807, 2.05) is 6.07 Å². The molecule has 106 valence electrons. The van der Waals surface area contributed by atoms with Crippen LogP contribution in [0.2, 0.25) is 0 Å². The van der Waals surface area contributed by atoms with Crippen molar-refractivity contribution in [1.82, 2.24) is 4.98 Å². The van der Waals surface area contributed by atoms with E-state index in [9.17, 15) is 0 Å². The van der Waals surface area contributed by atoms with E-state index in [1.165, 1.54) is 11.1 Å². The second-order valence-corrected chi connectivity index (χ2v) is 5.50. The molecule has 0 saturated heterocycles. The van der Waals surface area contributed by atoms with Crippen molar-refractivity contribution in [3.8, 4) is 17.4 Å². The molecule has 0 amide bonds. The first-order valence-corrected chi connectivity index (χ1v) is 7.17. The van der Waals surface area contributed by atoms with Gasteiger partial charge < -0.3 is 19.1 Å². The maximum Gasteiger partial charge on any atom is 0.237 e. The molecule has 3 aliphatic heterocycles. The van der Waals surface area contributed by atoms with Crippen LogP contribution in [0.5, 0.6) is 17.4 Å². The molecule has 0 bridgehead atoms. The molecule has 1 aromatic heterocycles. The highest BCUT2D eigenvalue weighted by Crippen LogP contribution is 2.45. The van der Waals surface area contributed by atoms with E-state index in [1.54, 1.807) is 6.20 Å². The van der Waals surface area contributed by atoms with Gasteiger partial charge in [0.15, 0.2) is 11.5 Å². The summed E-state index contributed by atoms with van der Waals surface area (Å²) in [6.45, 7) is 1.91. The lowest BCUT2D eigenvalue weighted by molar-refractivity contribution is 0.174. The van der Waals surface area contributed by atoms with Gasteiger partial charge >= 0.3 is 0 Å². The minimum atomic E-state index is 0.222. The number of ether oxygens (including phenoxy) is 3. The van der Waals surface area contributed by atoms with Crippen molar-refractivity contribution in [3.05, 3.63) is 41.6 Å². The van der Waals surface area contributed by atoms with Gasteiger partial charge in [-0.25, -0.2) is 4.98 Å². The van der Waals surface area contributed by atoms with Crippen molar-refractivity contribution in [2.45, 2.75) is 12.5 Å². The van der Waals surface area contributed by atoms with Gasteiger partial charge in [-0.3, -0.25) is 0 Å². The van der Waals surface area contributed by atoms with Gasteiger partial charge in [0.1, 0.15) is 12.3 Å². The Morgan fingerprint density at radius 2 is 2.05 bits per heavy atom. The summed E-state index contributed by atoms with van der Waals surface area (Å²) in [5.41, 5.74) is 3.69. The van der Waals surface area contributed by atoms with Crippen LogP contribution in [0.4, 0.5) is 5.69 Å². The van der Waals surface area contributed by atoms with Crippen LogP contribution >= 0.6 is 0 Å². The van der Waals surface area contributed by atoms with Crippen LogP contribution in [-0.2, 0) is 6.42 Å². The van der Waals surface area contributed by atoms with Gasteiger partial charge in [0, 0.05) is 12.7 Å². The molecule has 2 aromatic rings. The van der Waals surface area contributed by atoms with E-state index < -0.39 is 0 Å². The topological polar surface area (TPSA) is 43.8 Å². The average molecular weight is 282 g/mol.